The summed E-state index contributed by atoms with van der Waals surface area (Å²) in [5.41, 5.74) is 2.60. The van der Waals surface area contributed by atoms with Crippen molar-refractivity contribution in [3.63, 3.8) is 0 Å². The van der Waals surface area contributed by atoms with Crippen molar-refractivity contribution in [3.8, 4) is 0 Å². The maximum atomic E-state index is 11.6. The van der Waals surface area contributed by atoms with E-state index in [1.807, 2.05) is 0 Å². The van der Waals surface area contributed by atoms with Crippen molar-refractivity contribution in [1.82, 2.24) is 21.4 Å². The number of hydroxylamine groups is 1. The van der Waals surface area contributed by atoms with Gasteiger partial charge in [0.25, 0.3) is 0 Å². The lowest BCUT2D eigenvalue weighted by molar-refractivity contribution is -0.121. The Hall–Kier alpha value is -2.46. The molecule has 3 amide bonds. The van der Waals surface area contributed by atoms with E-state index < -0.39 is 18.3 Å². The molecule has 39 heavy (non-hydrogen) atoms. The van der Waals surface area contributed by atoms with Gasteiger partial charge in [0, 0.05) is 58.7 Å². The molecule has 0 bridgehead atoms. The molecule has 0 aliphatic rings. The lowest BCUT2D eigenvalue weighted by atomic mass is 10.3. The highest BCUT2D eigenvalue weighted by atomic mass is 32.1. The summed E-state index contributed by atoms with van der Waals surface area (Å²) in [4.78, 5) is 54.4. The van der Waals surface area contributed by atoms with Gasteiger partial charge in [-0.3, -0.25) is 4.79 Å². The quantitative estimate of drug-likeness (QED) is 0.0345. The summed E-state index contributed by atoms with van der Waals surface area (Å²) in [6.07, 6.45) is 3.94. The Morgan fingerprint density at radius 1 is 0.821 bits per heavy atom. The Labute approximate surface area is 237 Å². The maximum Gasteiger partial charge on any atom is 0.407 e. The zero-order chi connectivity index (χ0) is 30.1. The Morgan fingerprint density at radius 3 is 2.08 bits per heavy atom. The van der Waals surface area contributed by atoms with Crippen LogP contribution < -0.4 is 21.4 Å². The molecule has 0 unspecified atom stereocenters. The van der Waals surface area contributed by atoms with Crippen molar-refractivity contribution in [3.05, 3.63) is 0 Å². The molecular formula is C24H46N4O10S. The summed E-state index contributed by atoms with van der Waals surface area (Å²) in [6, 6.07) is 0. The van der Waals surface area contributed by atoms with E-state index in [0.29, 0.717) is 77.9 Å². The Kier molecular flexibility index (Phi) is 29.8. The molecule has 14 nitrogen and oxygen atoms in total. The van der Waals surface area contributed by atoms with Crippen molar-refractivity contribution in [2.24, 2.45) is 0 Å². The fourth-order valence-corrected chi connectivity index (χ4v) is 2.62. The molecule has 0 heterocycles. The standard InChI is InChI=1S/C17H31N3O7.C7H15NO3S/c1-3-18-16(23)26-12-14(13-27-17(24)19-4-2)25-11-7-8-15(22)20-9-5-6-10-21;9-5-3-7-10-6-2-1-4-8-11-12/h10,14H,3-9,11-13H2,1-2H3,(H,18,23)(H,19,24)(H,20,22);5,8,12H,1-4,6-7H2/i/hT. The number of unbranched alkanes of at least 4 members (excludes halogenated alkanes) is 2. The summed E-state index contributed by atoms with van der Waals surface area (Å²) in [5.74, 6) is -0.127. The summed E-state index contributed by atoms with van der Waals surface area (Å²) >= 11 is 0.545. The Balaban J connectivity index is 0. The van der Waals surface area contributed by atoms with Crippen LogP contribution in [0.25, 0.3) is 0 Å². The Bertz CT molecular complexity index is 631. The molecule has 15 heteroatoms. The second-order valence-electron chi connectivity index (χ2n) is 7.77. The van der Waals surface area contributed by atoms with Gasteiger partial charge in [-0.25, -0.2) is 13.9 Å². The minimum Gasteiger partial charge on any atom is -0.447 e. The van der Waals surface area contributed by atoms with Gasteiger partial charge in [0.2, 0.25) is 5.91 Å². The topological polar surface area (TPSA) is 180 Å². The first-order valence-electron chi connectivity index (χ1n) is 13.5. The average molecular weight is 585 g/mol. The maximum absolute atomic E-state index is 11.6. The van der Waals surface area contributed by atoms with Crippen LogP contribution in [0, 0.1) is 0 Å². The zero-order valence-electron chi connectivity index (χ0n) is 24.0. The summed E-state index contributed by atoms with van der Waals surface area (Å²) in [5, 5.41) is 7.68. The van der Waals surface area contributed by atoms with Gasteiger partial charge in [-0.05, 0) is 52.3 Å². The van der Waals surface area contributed by atoms with E-state index in [0.717, 1.165) is 25.4 Å². The predicted octanol–water partition coefficient (Wildman–Crippen LogP) is 1.48. The first kappa shape index (κ1) is 36.5. The molecule has 0 aliphatic heterocycles. The van der Waals surface area contributed by atoms with Gasteiger partial charge in [0.05, 0.1) is 6.61 Å². The molecule has 0 aliphatic carbocycles. The number of rotatable bonds is 25. The lowest BCUT2D eigenvalue weighted by Gasteiger charge is -2.18. The van der Waals surface area contributed by atoms with Crippen LogP contribution in [0.3, 0.4) is 0 Å². The second kappa shape index (κ2) is 31.8. The second-order valence-corrected chi connectivity index (χ2v) is 7.93. The van der Waals surface area contributed by atoms with Crippen molar-refractivity contribution < 1.29 is 47.2 Å². The number of ether oxygens (including phenoxy) is 4. The van der Waals surface area contributed by atoms with Gasteiger partial charge < -0.3 is 44.5 Å². The first-order valence-corrected chi connectivity index (χ1v) is 13.4. The van der Waals surface area contributed by atoms with Crippen LogP contribution >= 0.6 is 12.8 Å². The van der Waals surface area contributed by atoms with E-state index in [-0.39, 0.29) is 32.1 Å². The number of hydrogen-bond acceptors (Lipinski definition) is 12. The van der Waals surface area contributed by atoms with Gasteiger partial charge in [-0.1, -0.05) is 0 Å². The van der Waals surface area contributed by atoms with Crippen LogP contribution in [0.2, 0.25) is 0 Å². The number of alkyl carbamates (subject to hydrolysis) is 2. The number of hydrogen-bond donors (Lipinski definition) is 5. The third kappa shape index (κ3) is 31.7. The fraction of sp³-hybridized carbons (Fsp3) is 0.792. The number of nitrogens with one attached hydrogen (secondary N) is 4. The normalized spacial score (nSPS) is 10.5. The number of thiol groups is 1. The number of carbonyl (C=O) groups is 5. The smallest absolute Gasteiger partial charge is 0.407 e. The van der Waals surface area contributed by atoms with Crippen LogP contribution in [0.5, 0.6) is 0 Å². The molecule has 4 N–H and O–H groups in total. The summed E-state index contributed by atoms with van der Waals surface area (Å²) < 4.78 is 31.8. The molecule has 0 radical (unpaired) electrons. The van der Waals surface area contributed by atoms with E-state index in [1.54, 1.807) is 13.8 Å². The van der Waals surface area contributed by atoms with E-state index in [9.17, 15) is 24.0 Å². The van der Waals surface area contributed by atoms with Crippen LogP contribution in [0.15, 0.2) is 0 Å². The van der Waals surface area contributed by atoms with Gasteiger partial charge in [0.1, 0.15) is 33.0 Å². The van der Waals surface area contributed by atoms with Crippen LogP contribution in [0.4, 0.5) is 9.59 Å². The van der Waals surface area contributed by atoms with Gasteiger partial charge in [-0.2, -0.15) is 5.48 Å². The molecule has 0 fully saturated rings. The van der Waals surface area contributed by atoms with Crippen molar-refractivity contribution in [1.29, 1.82) is 1.12 Å². The number of aldehydes is 2. The first-order chi connectivity index (χ1) is 19.4. The third-order valence-electron chi connectivity index (χ3n) is 4.42. The molecule has 0 aromatic rings. The monoisotopic (exact) mass is 584 g/mol. The van der Waals surface area contributed by atoms with Gasteiger partial charge in [-0.15, -0.1) is 0 Å². The highest BCUT2D eigenvalue weighted by molar-refractivity contribution is 7.75. The van der Waals surface area contributed by atoms with Crippen LogP contribution in [-0.4, -0.2) is 97.1 Å². The minimum absolute atomic E-state index is 0.0802. The summed E-state index contributed by atoms with van der Waals surface area (Å²) in [6.45, 7) is 6.82. The molecule has 0 spiro atoms. The lowest BCUT2D eigenvalue weighted by Crippen LogP contribution is -2.34. The van der Waals surface area contributed by atoms with E-state index >= 15 is 0 Å². The highest BCUT2D eigenvalue weighted by Crippen LogP contribution is 2.00. The molecule has 0 aromatic heterocycles. The molecule has 0 rings (SSSR count). The highest BCUT2D eigenvalue weighted by Gasteiger charge is 2.15. The molecule has 0 aromatic carbocycles. The van der Waals surface area contributed by atoms with E-state index in [2.05, 4.69) is 25.7 Å². The average Bonchev–Trinajstić information content (AvgIpc) is 2.94. The largest absolute Gasteiger partial charge is 0.447 e. The van der Waals surface area contributed by atoms with Crippen molar-refractivity contribution in [2.45, 2.75) is 64.9 Å². The minimum atomic E-state index is -0.633. The van der Waals surface area contributed by atoms with E-state index in [4.69, 9.17) is 20.1 Å². The number of amides is 3. The summed E-state index contributed by atoms with van der Waals surface area (Å²) in [7, 11) is 0. The SMILES string of the molecule is CCNC(=O)OCC(COC(=O)NCC)OCCCC(=O)NCCCC=O.[3H]SONCCCCOCCC=O. The van der Waals surface area contributed by atoms with Gasteiger partial charge in [0.15, 0.2) is 0 Å². The molecule has 0 atom stereocenters. The van der Waals surface area contributed by atoms with Crippen LogP contribution in [-0.2, 0) is 37.6 Å². The zero-order valence-corrected chi connectivity index (χ0v) is 23.9. The van der Waals surface area contributed by atoms with Gasteiger partial charge >= 0.3 is 12.2 Å². The Morgan fingerprint density at radius 2 is 1.49 bits per heavy atom. The van der Waals surface area contributed by atoms with Crippen molar-refractivity contribution >= 4 is 43.5 Å². The molecular weight excluding hydrogens is 536 g/mol. The van der Waals surface area contributed by atoms with E-state index in [1.165, 1.54) is 0 Å². The number of carbonyl (C=O) groups excluding carboxylic acids is 5. The molecule has 0 saturated carbocycles. The predicted molar refractivity (Wildman–Crippen MR) is 146 cm³/mol. The van der Waals surface area contributed by atoms with Crippen LogP contribution in [0.1, 0.15) is 58.8 Å². The molecule has 228 valence electrons. The van der Waals surface area contributed by atoms with Crippen molar-refractivity contribution in [2.75, 3.05) is 59.2 Å². The fourth-order valence-electron chi connectivity index (χ4n) is 2.53. The molecule has 0 saturated heterocycles. The third-order valence-corrected chi connectivity index (χ3v) is 4.54.